The first-order valence-corrected chi connectivity index (χ1v) is 6.06. The van der Waals surface area contributed by atoms with Gasteiger partial charge in [0.1, 0.15) is 5.75 Å². The summed E-state index contributed by atoms with van der Waals surface area (Å²) in [6.07, 6.45) is 1.15. The van der Waals surface area contributed by atoms with Crippen molar-refractivity contribution in [1.29, 1.82) is 0 Å². The van der Waals surface area contributed by atoms with Gasteiger partial charge in [-0.1, -0.05) is 19.1 Å². The number of hydrogen-bond donors (Lipinski definition) is 0. The molecular weight excluding hydrogens is 210 g/mol. The number of methoxy groups -OCH3 is 1. The standard InChI is InChI=1S/C15H19NO/c1-4-10-16-12(2)8-9-15(16)13-6-5-7-14(11-13)17-3/h5-9,11H,4,10H2,1-3H3. The van der Waals surface area contributed by atoms with Crippen LogP contribution in [0.3, 0.4) is 0 Å². The van der Waals surface area contributed by atoms with Crippen LogP contribution in [0.4, 0.5) is 0 Å². The van der Waals surface area contributed by atoms with Gasteiger partial charge in [-0.25, -0.2) is 0 Å². The van der Waals surface area contributed by atoms with E-state index in [1.807, 2.05) is 12.1 Å². The van der Waals surface area contributed by atoms with Gasteiger partial charge in [-0.05, 0) is 37.6 Å². The highest BCUT2D eigenvalue weighted by Crippen LogP contribution is 2.26. The highest BCUT2D eigenvalue weighted by atomic mass is 16.5. The molecule has 2 heteroatoms. The average molecular weight is 229 g/mol. The second-order valence-corrected chi connectivity index (χ2v) is 4.24. The van der Waals surface area contributed by atoms with Crippen molar-refractivity contribution >= 4 is 0 Å². The lowest BCUT2D eigenvalue weighted by Crippen LogP contribution is -2.01. The number of benzene rings is 1. The van der Waals surface area contributed by atoms with Crippen LogP contribution in [0.25, 0.3) is 11.3 Å². The highest BCUT2D eigenvalue weighted by molar-refractivity contribution is 5.62. The highest BCUT2D eigenvalue weighted by Gasteiger charge is 2.07. The molecule has 0 unspecified atom stereocenters. The van der Waals surface area contributed by atoms with Crippen LogP contribution in [0.2, 0.25) is 0 Å². The van der Waals surface area contributed by atoms with Crippen LogP contribution in [0.1, 0.15) is 19.0 Å². The van der Waals surface area contributed by atoms with Gasteiger partial charge in [-0.3, -0.25) is 0 Å². The van der Waals surface area contributed by atoms with Gasteiger partial charge in [0.2, 0.25) is 0 Å². The molecule has 0 spiro atoms. The predicted molar refractivity (Wildman–Crippen MR) is 71.4 cm³/mol. The molecule has 0 aliphatic heterocycles. The fourth-order valence-electron chi connectivity index (χ4n) is 2.12. The van der Waals surface area contributed by atoms with Crippen molar-refractivity contribution < 1.29 is 4.74 Å². The summed E-state index contributed by atoms with van der Waals surface area (Å²) in [7, 11) is 1.70. The van der Waals surface area contributed by atoms with Crippen molar-refractivity contribution in [3.8, 4) is 17.0 Å². The Balaban J connectivity index is 2.44. The summed E-state index contributed by atoms with van der Waals surface area (Å²) in [5.74, 6) is 0.907. The van der Waals surface area contributed by atoms with Gasteiger partial charge in [-0.2, -0.15) is 0 Å². The third kappa shape index (κ3) is 2.36. The number of aromatic nitrogens is 1. The van der Waals surface area contributed by atoms with E-state index in [-0.39, 0.29) is 0 Å². The molecule has 1 aromatic heterocycles. The molecule has 90 valence electrons. The molecule has 0 N–H and O–H groups in total. The van der Waals surface area contributed by atoms with E-state index in [0.29, 0.717) is 0 Å². The van der Waals surface area contributed by atoms with E-state index in [2.05, 4.69) is 42.7 Å². The first kappa shape index (κ1) is 11.8. The lowest BCUT2D eigenvalue weighted by molar-refractivity contribution is 0.415. The Hall–Kier alpha value is -1.70. The van der Waals surface area contributed by atoms with Crippen LogP contribution in [-0.4, -0.2) is 11.7 Å². The first-order chi connectivity index (χ1) is 8.26. The fraction of sp³-hybridized carbons (Fsp3) is 0.333. The number of hydrogen-bond acceptors (Lipinski definition) is 1. The average Bonchev–Trinajstić information content (AvgIpc) is 2.72. The van der Waals surface area contributed by atoms with Crippen LogP contribution >= 0.6 is 0 Å². The van der Waals surface area contributed by atoms with E-state index < -0.39 is 0 Å². The van der Waals surface area contributed by atoms with E-state index in [4.69, 9.17) is 4.74 Å². The van der Waals surface area contributed by atoms with E-state index in [0.717, 1.165) is 18.7 Å². The molecule has 0 saturated heterocycles. The van der Waals surface area contributed by atoms with Crippen molar-refractivity contribution in [1.82, 2.24) is 4.57 Å². The number of rotatable bonds is 4. The van der Waals surface area contributed by atoms with Gasteiger partial charge in [0, 0.05) is 23.5 Å². The summed E-state index contributed by atoms with van der Waals surface area (Å²) in [5.41, 5.74) is 3.79. The fourth-order valence-corrected chi connectivity index (χ4v) is 2.12. The lowest BCUT2D eigenvalue weighted by atomic mass is 10.1. The van der Waals surface area contributed by atoms with Crippen molar-refractivity contribution in [2.45, 2.75) is 26.8 Å². The van der Waals surface area contributed by atoms with Gasteiger partial charge in [0.25, 0.3) is 0 Å². The molecule has 0 saturated carbocycles. The second kappa shape index (κ2) is 5.09. The Morgan fingerprint density at radius 1 is 1.18 bits per heavy atom. The normalized spacial score (nSPS) is 10.5. The third-order valence-corrected chi connectivity index (χ3v) is 3.01. The van der Waals surface area contributed by atoms with Crippen LogP contribution in [0.5, 0.6) is 5.75 Å². The summed E-state index contributed by atoms with van der Waals surface area (Å²) in [6, 6.07) is 12.6. The van der Waals surface area contributed by atoms with E-state index >= 15 is 0 Å². The van der Waals surface area contributed by atoms with Gasteiger partial charge in [-0.15, -0.1) is 0 Å². The molecule has 1 heterocycles. The van der Waals surface area contributed by atoms with Gasteiger partial charge in [0.15, 0.2) is 0 Å². The first-order valence-electron chi connectivity index (χ1n) is 6.06. The molecule has 0 aliphatic carbocycles. The summed E-state index contributed by atoms with van der Waals surface area (Å²) in [4.78, 5) is 0. The Kier molecular flexibility index (Phi) is 3.52. The summed E-state index contributed by atoms with van der Waals surface area (Å²) in [5, 5.41) is 0. The molecule has 0 amide bonds. The molecule has 2 nitrogen and oxygen atoms in total. The van der Waals surface area contributed by atoms with Crippen molar-refractivity contribution in [3.05, 3.63) is 42.1 Å². The van der Waals surface area contributed by atoms with Crippen molar-refractivity contribution in [2.24, 2.45) is 0 Å². The van der Waals surface area contributed by atoms with E-state index in [9.17, 15) is 0 Å². The maximum Gasteiger partial charge on any atom is 0.119 e. The Bertz CT molecular complexity index is 499. The largest absolute Gasteiger partial charge is 0.497 e. The molecule has 2 aromatic rings. The molecule has 0 atom stereocenters. The SMILES string of the molecule is CCCn1c(C)ccc1-c1cccc(OC)c1. The van der Waals surface area contributed by atoms with Gasteiger partial charge >= 0.3 is 0 Å². The zero-order valence-corrected chi connectivity index (χ0v) is 10.7. The number of nitrogens with zero attached hydrogens (tertiary/aromatic N) is 1. The second-order valence-electron chi connectivity index (χ2n) is 4.24. The molecule has 17 heavy (non-hydrogen) atoms. The van der Waals surface area contributed by atoms with Crippen LogP contribution in [0, 0.1) is 6.92 Å². The molecule has 1 aromatic carbocycles. The minimum absolute atomic E-state index is 0.907. The lowest BCUT2D eigenvalue weighted by Gasteiger charge is -2.11. The van der Waals surface area contributed by atoms with Crippen LogP contribution < -0.4 is 4.74 Å². The maximum atomic E-state index is 5.27. The third-order valence-electron chi connectivity index (χ3n) is 3.01. The Morgan fingerprint density at radius 3 is 2.71 bits per heavy atom. The molecule has 0 bridgehead atoms. The zero-order chi connectivity index (χ0) is 12.3. The van der Waals surface area contributed by atoms with Gasteiger partial charge < -0.3 is 9.30 Å². The zero-order valence-electron chi connectivity index (χ0n) is 10.7. The molecule has 0 radical (unpaired) electrons. The minimum Gasteiger partial charge on any atom is -0.497 e. The predicted octanol–water partition coefficient (Wildman–Crippen LogP) is 3.88. The Morgan fingerprint density at radius 2 is 2.00 bits per heavy atom. The van der Waals surface area contributed by atoms with Crippen LogP contribution in [-0.2, 0) is 6.54 Å². The molecule has 0 fully saturated rings. The van der Waals surface area contributed by atoms with Gasteiger partial charge in [0.05, 0.1) is 7.11 Å². The molecular formula is C15H19NO. The van der Waals surface area contributed by atoms with E-state index in [1.165, 1.54) is 17.0 Å². The number of aryl methyl sites for hydroxylation is 1. The quantitative estimate of drug-likeness (QED) is 0.776. The summed E-state index contributed by atoms with van der Waals surface area (Å²) < 4.78 is 7.63. The maximum absolute atomic E-state index is 5.27. The van der Waals surface area contributed by atoms with Crippen molar-refractivity contribution in [3.63, 3.8) is 0 Å². The summed E-state index contributed by atoms with van der Waals surface area (Å²) >= 11 is 0. The summed E-state index contributed by atoms with van der Waals surface area (Å²) in [6.45, 7) is 5.42. The monoisotopic (exact) mass is 229 g/mol. The minimum atomic E-state index is 0.907. The van der Waals surface area contributed by atoms with E-state index in [1.54, 1.807) is 7.11 Å². The smallest absolute Gasteiger partial charge is 0.119 e. The Labute approximate surface area is 103 Å². The molecule has 2 rings (SSSR count). The molecule has 0 aliphatic rings. The van der Waals surface area contributed by atoms with Crippen LogP contribution in [0.15, 0.2) is 36.4 Å². The topological polar surface area (TPSA) is 14.2 Å². The van der Waals surface area contributed by atoms with Crippen molar-refractivity contribution in [2.75, 3.05) is 7.11 Å². The number of ether oxygens (including phenoxy) is 1.